The highest BCUT2D eigenvalue weighted by atomic mass is 127. The molecule has 0 aliphatic carbocycles. The second-order valence-corrected chi connectivity index (χ2v) is 4.50. The Balaban J connectivity index is 2.19. The van der Waals surface area contributed by atoms with Gasteiger partial charge in [-0.05, 0) is 35.4 Å². The molecule has 1 unspecified atom stereocenters. The zero-order valence-electron chi connectivity index (χ0n) is 6.31. The number of rotatable bonds is 3. The summed E-state index contributed by atoms with van der Waals surface area (Å²) in [5.41, 5.74) is 0. The van der Waals surface area contributed by atoms with Crippen LogP contribution < -0.4 is 0 Å². The Morgan fingerprint density at radius 2 is 2.55 bits per heavy atom. The van der Waals surface area contributed by atoms with E-state index in [-0.39, 0.29) is 3.61 Å². The molecule has 62 valence electrons. The topological polar surface area (TPSA) is 18.5 Å². The van der Waals surface area contributed by atoms with E-state index in [0.717, 1.165) is 19.4 Å². The lowest BCUT2D eigenvalue weighted by Gasteiger charge is -2.19. The van der Waals surface area contributed by atoms with Crippen LogP contribution in [-0.2, 0) is 9.47 Å². The minimum absolute atomic E-state index is 0.103. The lowest BCUT2D eigenvalue weighted by Crippen LogP contribution is -2.25. The van der Waals surface area contributed by atoms with Gasteiger partial charge in [-0.2, -0.15) is 0 Å². The van der Waals surface area contributed by atoms with E-state index in [9.17, 15) is 0 Å². The summed E-state index contributed by atoms with van der Waals surface area (Å²) in [5, 5.41) is 0. The maximum atomic E-state index is 5.48. The average Bonchev–Trinajstić information content (AvgIpc) is 2.38. The van der Waals surface area contributed by atoms with E-state index >= 15 is 0 Å². The van der Waals surface area contributed by atoms with Crippen LogP contribution in [-0.4, -0.2) is 23.4 Å². The Labute approximate surface area is 80.8 Å². The lowest BCUT2D eigenvalue weighted by molar-refractivity contribution is 0.0167. The van der Waals surface area contributed by atoms with Crippen LogP contribution in [0.2, 0.25) is 0 Å². The fourth-order valence-electron chi connectivity index (χ4n) is 1.04. The van der Waals surface area contributed by atoms with Crippen molar-refractivity contribution in [3.8, 4) is 12.3 Å². The van der Waals surface area contributed by atoms with Crippen molar-refractivity contribution in [2.45, 2.75) is 16.4 Å². The Morgan fingerprint density at radius 1 is 1.73 bits per heavy atom. The van der Waals surface area contributed by atoms with Crippen LogP contribution in [0.4, 0.5) is 0 Å². The third kappa shape index (κ3) is 2.97. The maximum absolute atomic E-state index is 5.48. The monoisotopic (exact) mass is 266 g/mol. The first kappa shape index (κ1) is 9.30. The van der Waals surface area contributed by atoms with E-state index in [1.807, 2.05) is 0 Å². The smallest absolute Gasteiger partial charge is 0.142 e. The number of ether oxygens (including phenoxy) is 2. The SMILES string of the molecule is C#CCOCC1(I)CCCO1. The van der Waals surface area contributed by atoms with Crippen molar-refractivity contribution in [3.05, 3.63) is 0 Å². The van der Waals surface area contributed by atoms with Gasteiger partial charge in [-0.25, -0.2) is 0 Å². The molecule has 0 spiro atoms. The molecule has 1 heterocycles. The summed E-state index contributed by atoms with van der Waals surface area (Å²) >= 11 is 2.29. The molecule has 3 heteroatoms. The second-order valence-electron chi connectivity index (χ2n) is 2.53. The highest BCUT2D eigenvalue weighted by molar-refractivity contribution is 14.1. The molecule has 0 bridgehead atoms. The number of halogens is 1. The van der Waals surface area contributed by atoms with Crippen molar-refractivity contribution in [1.82, 2.24) is 0 Å². The molecule has 0 aromatic heterocycles. The Hall–Kier alpha value is 0.210. The number of alkyl halides is 1. The summed E-state index contributed by atoms with van der Waals surface area (Å²) in [6.45, 7) is 1.84. The molecular weight excluding hydrogens is 255 g/mol. The van der Waals surface area contributed by atoms with Gasteiger partial charge >= 0.3 is 0 Å². The standard InChI is InChI=1S/C8H11IO2/c1-2-5-10-7-8(9)4-3-6-11-8/h1H,3-7H2. The zero-order valence-corrected chi connectivity index (χ0v) is 8.46. The molecule has 0 saturated carbocycles. The van der Waals surface area contributed by atoms with Gasteiger partial charge in [0.05, 0.1) is 6.61 Å². The van der Waals surface area contributed by atoms with Gasteiger partial charge in [0.2, 0.25) is 0 Å². The first-order valence-electron chi connectivity index (χ1n) is 3.61. The van der Waals surface area contributed by atoms with Crippen LogP contribution in [0.3, 0.4) is 0 Å². The van der Waals surface area contributed by atoms with Crippen molar-refractivity contribution >= 4 is 22.6 Å². The maximum Gasteiger partial charge on any atom is 0.142 e. The van der Waals surface area contributed by atoms with Gasteiger partial charge in [0, 0.05) is 6.61 Å². The van der Waals surface area contributed by atoms with Crippen LogP contribution in [0.5, 0.6) is 0 Å². The lowest BCUT2D eigenvalue weighted by atomic mass is 10.2. The summed E-state index contributed by atoms with van der Waals surface area (Å²) < 4.78 is 10.6. The fraction of sp³-hybridized carbons (Fsp3) is 0.750. The van der Waals surface area contributed by atoms with E-state index in [1.165, 1.54) is 0 Å². The Bertz CT molecular complexity index is 156. The highest BCUT2D eigenvalue weighted by Gasteiger charge is 2.31. The summed E-state index contributed by atoms with van der Waals surface area (Å²) in [5.74, 6) is 2.43. The summed E-state index contributed by atoms with van der Waals surface area (Å²) in [6, 6.07) is 0. The van der Waals surface area contributed by atoms with Gasteiger partial charge < -0.3 is 9.47 Å². The molecule has 2 nitrogen and oxygen atoms in total. The molecule has 1 fully saturated rings. The van der Waals surface area contributed by atoms with Crippen LogP contribution in [0.25, 0.3) is 0 Å². The van der Waals surface area contributed by atoms with Crippen LogP contribution >= 0.6 is 22.6 Å². The van der Waals surface area contributed by atoms with Gasteiger partial charge in [0.15, 0.2) is 0 Å². The molecular formula is C8H11IO2. The van der Waals surface area contributed by atoms with Gasteiger partial charge in [-0.1, -0.05) is 5.92 Å². The summed E-state index contributed by atoms with van der Waals surface area (Å²) in [6.07, 6.45) is 7.23. The van der Waals surface area contributed by atoms with Crippen LogP contribution in [0.1, 0.15) is 12.8 Å². The van der Waals surface area contributed by atoms with Crippen molar-refractivity contribution in [3.63, 3.8) is 0 Å². The first-order chi connectivity index (χ1) is 5.27. The van der Waals surface area contributed by atoms with Crippen LogP contribution in [0, 0.1) is 12.3 Å². The van der Waals surface area contributed by atoms with Gasteiger partial charge in [0.25, 0.3) is 0 Å². The molecule has 0 aromatic carbocycles. The first-order valence-corrected chi connectivity index (χ1v) is 4.69. The van der Waals surface area contributed by atoms with Crippen molar-refractivity contribution in [1.29, 1.82) is 0 Å². The Kier molecular flexibility index (Phi) is 3.63. The molecule has 0 aromatic rings. The second kappa shape index (κ2) is 4.29. The molecule has 0 N–H and O–H groups in total. The average molecular weight is 266 g/mol. The number of hydrogen-bond donors (Lipinski definition) is 0. The quantitative estimate of drug-likeness (QED) is 0.334. The van der Waals surface area contributed by atoms with E-state index < -0.39 is 0 Å². The molecule has 11 heavy (non-hydrogen) atoms. The largest absolute Gasteiger partial charge is 0.365 e. The highest BCUT2D eigenvalue weighted by Crippen LogP contribution is 2.32. The molecule has 1 aliphatic heterocycles. The molecule has 1 saturated heterocycles. The van der Waals surface area contributed by atoms with Crippen molar-refractivity contribution in [2.24, 2.45) is 0 Å². The van der Waals surface area contributed by atoms with Crippen LogP contribution in [0.15, 0.2) is 0 Å². The van der Waals surface area contributed by atoms with Crippen molar-refractivity contribution < 1.29 is 9.47 Å². The third-order valence-corrected chi connectivity index (χ3v) is 2.72. The van der Waals surface area contributed by atoms with Gasteiger partial charge in [0.1, 0.15) is 10.2 Å². The minimum Gasteiger partial charge on any atom is -0.365 e. The van der Waals surface area contributed by atoms with Gasteiger partial charge in [-0.3, -0.25) is 0 Å². The summed E-state index contributed by atoms with van der Waals surface area (Å²) in [4.78, 5) is 0. The number of terminal acetylenes is 1. The zero-order chi connectivity index (χ0) is 8.16. The van der Waals surface area contributed by atoms with E-state index in [2.05, 4.69) is 28.5 Å². The van der Waals surface area contributed by atoms with Crippen molar-refractivity contribution in [2.75, 3.05) is 19.8 Å². The normalized spacial score (nSPS) is 30.2. The van der Waals surface area contributed by atoms with E-state index in [1.54, 1.807) is 0 Å². The molecule has 1 atom stereocenters. The minimum atomic E-state index is -0.103. The van der Waals surface area contributed by atoms with E-state index in [0.29, 0.717) is 13.2 Å². The molecule has 0 radical (unpaired) electrons. The molecule has 0 amide bonds. The number of hydrogen-bond acceptors (Lipinski definition) is 2. The summed E-state index contributed by atoms with van der Waals surface area (Å²) in [7, 11) is 0. The molecule has 1 rings (SSSR count). The predicted octanol–water partition coefficient (Wildman–Crippen LogP) is 1.58. The molecule has 1 aliphatic rings. The third-order valence-electron chi connectivity index (χ3n) is 1.56. The fourth-order valence-corrected chi connectivity index (χ4v) is 1.86. The predicted molar refractivity (Wildman–Crippen MR) is 51.6 cm³/mol. The van der Waals surface area contributed by atoms with E-state index in [4.69, 9.17) is 15.9 Å². The van der Waals surface area contributed by atoms with Gasteiger partial charge in [-0.15, -0.1) is 6.42 Å². The Morgan fingerprint density at radius 3 is 3.09 bits per heavy atom.